The summed E-state index contributed by atoms with van der Waals surface area (Å²) in [6.45, 7) is 1.90. The minimum absolute atomic E-state index is 0.136. The standard InChI is InChI=1S/C14H12Cl2N2OS/c1-8-2-4-12(13(19)6-8)18-14(20)17-11-5-3-9(15)7-10(11)16/h2-7,19H,1H3,(H2,17,18,20). The third kappa shape index (κ3) is 3.76. The lowest BCUT2D eigenvalue weighted by Gasteiger charge is -2.13. The molecule has 3 nitrogen and oxygen atoms in total. The predicted octanol–water partition coefficient (Wildman–Crippen LogP) is 4.82. The van der Waals surface area contributed by atoms with Crippen molar-refractivity contribution >= 4 is 51.9 Å². The summed E-state index contributed by atoms with van der Waals surface area (Å²) in [6, 6.07) is 10.3. The molecule has 2 rings (SSSR count). The Bertz CT molecular complexity index is 606. The number of benzene rings is 2. The summed E-state index contributed by atoms with van der Waals surface area (Å²) in [5.74, 6) is 0.136. The predicted molar refractivity (Wildman–Crippen MR) is 89.1 cm³/mol. The van der Waals surface area contributed by atoms with Crippen molar-refractivity contribution in [3.05, 3.63) is 52.0 Å². The molecule has 0 aliphatic heterocycles. The average Bonchev–Trinajstić information content (AvgIpc) is 2.36. The van der Waals surface area contributed by atoms with Gasteiger partial charge in [0.05, 0.1) is 16.4 Å². The monoisotopic (exact) mass is 326 g/mol. The molecule has 6 heteroatoms. The molecule has 0 radical (unpaired) electrons. The lowest BCUT2D eigenvalue weighted by atomic mass is 10.2. The Kier molecular flexibility index (Phi) is 4.70. The van der Waals surface area contributed by atoms with Crippen molar-refractivity contribution < 1.29 is 5.11 Å². The second-order valence-corrected chi connectivity index (χ2v) is 5.48. The van der Waals surface area contributed by atoms with Crippen molar-refractivity contribution in [3.63, 3.8) is 0 Å². The molecule has 0 amide bonds. The molecule has 3 N–H and O–H groups in total. The van der Waals surface area contributed by atoms with Gasteiger partial charge in [0.2, 0.25) is 0 Å². The zero-order chi connectivity index (χ0) is 14.7. The second kappa shape index (κ2) is 6.31. The molecular formula is C14H12Cl2N2OS. The van der Waals surface area contributed by atoms with Gasteiger partial charge in [-0.2, -0.15) is 0 Å². The fourth-order valence-corrected chi connectivity index (χ4v) is 2.29. The molecule has 0 atom stereocenters. The van der Waals surface area contributed by atoms with Gasteiger partial charge in [-0.1, -0.05) is 29.3 Å². The van der Waals surface area contributed by atoms with Gasteiger partial charge >= 0.3 is 0 Å². The number of halogens is 2. The van der Waals surface area contributed by atoms with Crippen molar-refractivity contribution in [3.8, 4) is 5.75 Å². The molecule has 20 heavy (non-hydrogen) atoms. The molecule has 0 fully saturated rings. The fraction of sp³-hybridized carbons (Fsp3) is 0.0714. The first-order valence-electron chi connectivity index (χ1n) is 5.78. The van der Waals surface area contributed by atoms with E-state index in [1.165, 1.54) is 0 Å². The third-order valence-corrected chi connectivity index (χ3v) is 3.33. The molecule has 0 bridgehead atoms. The second-order valence-electron chi connectivity index (χ2n) is 4.22. The molecule has 0 saturated carbocycles. The molecule has 2 aromatic carbocycles. The number of phenolic OH excluding ortho intramolecular Hbond substituents is 1. The Morgan fingerprint density at radius 1 is 1.05 bits per heavy atom. The van der Waals surface area contributed by atoms with Gasteiger partial charge in [0, 0.05) is 5.02 Å². The smallest absolute Gasteiger partial charge is 0.175 e. The molecule has 2 aromatic rings. The van der Waals surface area contributed by atoms with E-state index in [0.717, 1.165) is 5.56 Å². The molecule has 0 aliphatic rings. The molecule has 0 aliphatic carbocycles. The molecule has 0 aromatic heterocycles. The maximum absolute atomic E-state index is 9.80. The van der Waals surface area contributed by atoms with Crippen LogP contribution in [0.15, 0.2) is 36.4 Å². The van der Waals surface area contributed by atoms with E-state index in [1.54, 1.807) is 30.3 Å². The van der Waals surface area contributed by atoms with E-state index in [0.29, 0.717) is 26.5 Å². The number of phenols is 1. The quantitative estimate of drug-likeness (QED) is 0.547. The summed E-state index contributed by atoms with van der Waals surface area (Å²) >= 11 is 17.0. The number of thiocarbonyl (C=S) groups is 1. The molecule has 104 valence electrons. The normalized spacial score (nSPS) is 10.2. The van der Waals surface area contributed by atoms with Gasteiger partial charge in [-0.3, -0.25) is 0 Å². The minimum atomic E-state index is 0.136. The summed E-state index contributed by atoms with van der Waals surface area (Å²) < 4.78 is 0. The van der Waals surface area contributed by atoms with Gasteiger partial charge in [0.25, 0.3) is 0 Å². The lowest BCUT2D eigenvalue weighted by Crippen LogP contribution is -2.19. The summed E-state index contributed by atoms with van der Waals surface area (Å²) in [6.07, 6.45) is 0. The highest BCUT2D eigenvalue weighted by Gasteiger charge is 2.06. The van der Waals surface area contributed by atoms with Crippen LogP contribution in [0.3, 0.4) is 0 Å². The summed E-state index contributed by atoms with van der Waals surface area (Å²) in [5, 5.41) is 17.0. The van der Waals surface area contributed by atoms with E-state index in [1.807, 2.05) is 13.0 Å². The largest absolute Gasteiger partial charge is 0.506 e. The topological polar surface area (TPSA) is 44.3 Å². The number of nitrogens with one attached hydrogen (secondary N) is 2. The van der Waals surface area contributed by atoms with Crippen molar-refractivity contribution in [2.75, 3.05) is 10.6 Å². The van der Waals surface area contributed by atoms with Gasteiger partial charge in [0.15, 0.2) is 5.11 Å². The van der Waals surface area contributed by atoms with Crippen LogP contribution in [0.4, 0.5) is 11.4 Å². The minimum Gasteiger partial charge on any atom is -0.506 e. The van der Waals surface area contributed by atoms with Crippen molar-refractivity contribution in [2.45, 2.75) is 6.92 Å². The number of rotatable bonds is 2. The van der Waals surface area contributed by atoms with Crippen molar-refractivity contribution in [2.24, 2.45) is 0 Å². The van der Waals surface area contributed by atoms with Crippen LogP contribution in [0.25, 0.3) is 0 Å². The van der Waals surface area contributed by atoms with Crippen molar-refractivity contribution in [1.82, 2.24) is 0 Å². The Morgan fingerprint density at radius 3 is 2.35 bits per heavy atom. The maximum Gasteiger partial charge on any atom is 0.175 e. The first-order valence-corrected chi connectivity index (χ1v) is 6.95. The van der Waals surface area contributed by atoms with E-state index < -0.39 is 0 Å². The van der Waals surface area contributed by atoms with Crippen LogP contribution in [0.2, 0.25) is 10.0 Å². The highest BCUT2D eigenvalue weighted by atomic mass is 35.5. The Balaban J connectivity index is 2.09. The number of hydrogen-bond acceptors (Lipinski definition) is 2. The van der Waals surface area contributed by atoms with E-state index in [2.05, 4.69) is 10.6 Å². The van der Waals surface area contributed by atoms with Crippen LogP contribution in [-0.4, -0.2) is 10.2 Å². The van der Waals surface area contributed by atoms with Gasteiger partial charge in [0.1, 0.15) is 5.75 Å². The van der Waals surface area contributed by atoms with E-state index >= 15 is 0 Å². The van der Waals surface area contributed by atoms with E-state index in [-0.39, 0.29) is 5.75 Å². The lowest BCUT2D eigenvalue weighted by molar-refractivity contribution is 0.477. The molecule has 0 unspecified atom stereocenters. The Labute approximate surface area is 132 Å². The zero-order valence-electron chi connectivity index (χ0n) is 10.6. The number of aryl methyl sites for hydroxylation is 1. The summed E-state index contributed by atoms with van der Waals surface area (Å²) in [7, 11) is 0. The average molecular weight is 327 g/mol. The Morgan fingerprint density at radius 2 is 1.70 bits per heavy atom. The molecule has 0 spiro atoms. The van der Waals surface area contributed by atoms with Crippen LogP contribution < -0.4 is 10.6 Å². The van der Waals surface area contributed by atoms with Crippen LogP contribution >= 0.6 is 35.4 Å². The van der Waals surface area contributed by atoms with Crippen LogP contribution in [0, 0.1) is 6.92 Å². The van der Waals surface area contributed by atoms with Crippen molar-refractivity contribution in [1.29, 1.82) is 0 Å². The van der Waals surface area contributed by atoms with E-state index in [4.69, 9.17) is 35.4 Å². The first-order chi connectivity index (χ1) is 9.45. The van der Waals surface area contributed by atoms with Gasteiger partial charge in [-0.25, -0.2) is 0 Å². The van der Waals surface area contributed by atoms with Crippen LogP contribution in [0.5, 0.6) is 5.75 Å². The van der Waals surface area contributed by atoms with E-state index in [9.17, 15) is 5.11 Å². The molecule has 0 saturated heterocycles. The maximum atomic E-state index is 9.80. The number of hydrogen-bond donors (Lipinski definition) is 3. The summed E-state index contributed by atoms with van der Waals surface area (Å²) in [5.41, 5.74) is 2.13. The Hall–Kier alpha value is -1.49. The SMILES string of the molecule is Cc1ccc(NC(=S)Nc2ccc(Cl)cc2Cl)c(O)c1. The fourth-order valence-electron chi connectivity index (χ4n) is 1.61. The number of anilines is 2. The molecular weight excluding hydrogens is 315 g/mol. The highest BCUT2D eigenvalue weighted by Crippen LogP contribution is 2.27. The number of aromatic hydroxyl groups is 1. The van der Waals surface area contributed by atoms with Crippen LogP contribution in [0.1, 0.15) is 5.56 Å². The first kappa shape index (κ1) is 14.9. The van der Waals surface area contributed by atoms with Gasteiger partial charge < -0.3 is 15.7 Å². The summed E-state index contributed by atoms with van der Waals surface area (Å²) in [4.78, 5) is 0. The van der Waals surface area contributed by atoms with Gasteiger partial charge in [-0.15, -0.1) is 0 Å². The van der Waals surface area contributed by atoms with Crippen LogP contribution in [-0.2, 0) is 0 Å². The highest BCUT2D eigenvalue weighted by molar-refractivity contribution is 7.80. The zero-order valence-corrected chi connectivity index (χ0v) is 12.9. The molecule has 0 heterocycles. The third-order valence-electron chi connectivity index (χ3n) is 2.58. The van der Waals surface area contributed by atoms with Gasteiger partial charge in [-0.05, 0) is 55.0 Å².